The molecule has 1 unspecified atom stereocenters. The summed E-state index contributed by atoms with van der Waals surface area (Å²) in [6, 6.07) is 5.18. The molecule has 2 amide bonds. The molecule has 260 valence electrons. The van der Waals surface area contributed by atoms with Crippen LogP contribution in [0.25, 0.3) is 0 Å². The quantitative estimate of drug-likeness (QED) is 0.0661. The van der Waals surface area contributed by atoms with Gasteiger partial charge in [0.05, 0.1) is 32.3 Å². The number of hydrogen-bond acceptors (Lipinski definition) is 15. The Balaban J connectivity index is 2.01. The van der Waals surface area contributed by atoms with Gasteiger partial charge in [-0.25, -0.2) is 0 Å². The van der Waals surface area contributed by atoms with Crippen LogP contribution >= 0.6 is 0 Å². The molecule has 1 aromatic carbocycles. The number of aliphatic hydroxyl groups is 9. The summed E-state index contributed by atoms with van der Waals surface area (Å²) in [5.74, 6) is -4.03. The van der Waals surface area contributed by atoms with Crippen LogP contribution in [0.5, 0.6) is 0 Å². The van der Waals surface area contributed by atoms with E-state index in [1.54, 1.807) is 24.3 Å². The molecule has 0 saturated carbocycles. The summed E-state index contributed by atoms with van der Waals surface area (Å²) in [5.41, 5.74) is 6.45. The number of aliphatic hydroxyl groups excluding tert-OH is 9. The summed E-state index contributed by atoms with van der Waals surface area (Å²) in [4.78, 5) is 50.0. The third-order valence-corrected chi connectivity index (χ3v) is 7.66. The van der Waals surface area contributed by atoms with E-state index in [1.807, 2.05) is 0 Å². The van der Waals surface area contributed by atoms with Crippen molar-refractivity contribution in [3.05, 3.63) is 35.4 Å². The van der Waals surface area contributed by atoms with E-state index in [2.05, 4.69) is 5.32 Å². The molecule has 11 atom stereocenters. The van der Waals surface area contributed by atoms with Crippen LogP contribution in [0.1, 0.15) is 37.3 Å². The van der Waals surface area contributed by atoms with E-state index < -0.39 is 117 Å². The number of amides is 2. The second-order valence-corrected chi connectivity index (χ2v) is 11.2. The summed E-state index contributed by atoms with van der Waals surface area (Å²) in [7, 11) is 0. The third kappa shape index (κ3) is 10.8. The van der Waals surface area contributed by atoms with Crippen molar-refractivity contribution in [2.24, 2.45) is 11.7 Å². The lowest BCUT2D eigenvalue weighted by Gasteiger charge is -2.42. The Hall–Kier alpha value is -2.94. The first-order valence-corrected chi connectivity index (χ1v) is 14.6. The molecule has 1 aromatic rings. The van der Waals surface area contributed by atoms with Gasteiger partial charge in [0, 0.05) is 18.8 Å². The van der Waals surface area contributed by atoms with E-state index in [0.717, 1.165) is 0 Å². The Bertz CT molecular complexity index is 1150. The van der Waals surface area contributed by atoms with Crippen molar-refractivity contribution in [2.75, 3.05) is 13.2 Å². The molecule has 17 nitrogen and oxygen atoms in total. The molecule has 0 aromatic heterocycles. The molecular formula is C29H44N2O15. The number of carbonyl (C=O) groups excluding carboxylic acids is 4. The lowest BCUT2D eigenvalue weighted by Crippen LogP contribution is -2.61. The average Bonchev–Trinajstić information content (AvgIpc) is 3.04. The Morgan fingerprint density at radius 2 is 1.54 bits per heavy atom. The Labute approximate surface area is 264 Å². The molecule has 46 heavy (non-hydrogen) atoms. The molecule has 0 radical (unpaired) electrons. The van der Waals surface area contributed by atoms with Gasteiger partial charge in [0.15, 0.2) is 17.9 Å². The lowest BCUT2D eigenvalue weighted by atomic mass is 9.94. The van der Waals surface area contributed by atoms with E-state index in [9.17, 15) is 60.0 Å². The second kappa shape index (κ2) is 18.4. The first-order chi connectivity index (χ1) is 21.6. The number of carbonyl (C=O) groups is 4. The Kier molecular flexibility index (Phi) is 15.7. The lowest BCUT2D eigenvalue weighted by molar-refractivity contribution is -0.326. The van der Waals surface area contributed by atoms with Gasteiger partial charge in [-0.2, -0.15) is 0 Å². The molecule has 1 saturated heterocycles. The molecule has 0 aliphatic carbocycles. The second-order valence-electron chi connectivity index (χ2n) is 11.2. The summed E-state index contributed by atoms with van der Waals surface area (Å²) >= 11 is 0. The normalized spacial score (nSPS) is 25.5. The molecule has 1 heterocycles. The summed E-state index contributed by atoms with van der Waals surface area (Å²) in [6.07, 6.45) is -18.6. The zero-order valence-corrected chi connectivity index (χ0v) is 25.2. The highest BCUT2D eigenvalue weighted by molar-refractivity contribution is 5.94. The van der Waals surface area contributed by atoms with E-state index in [0.29, 0.717) is 11.1 Å². The predicted molar refractivity (Wildman–Crippen MR) is 154 cm³/mol. The number of rotatable bonds is 19. The van der Waals surface area contributed by atoms with Gasteiger partial charge in [0.1, 0.15) is 48.8 Å². The van der Waals surface area contributed by atoms with Crippen molar-refractivity contribution in [3.8, 4) is 0 Å². The van der Waals surface area contributed by atoms with Crippen LogP contribution in [0, 0.1) is 5.92 Å². The monoisotopic (exact) mass is 660 g/mol. The molecule has 0 bridgehead atoms. The molecular weight excluding hydrogens is 616 g/mol. The van der Waals surface area contributed by atoms with Gasteiger partial charge in [-0.15, -0.1) is 0 Å². The van der Waals surface area contributed by atoms with Gasteiger partial charge < -0.3 is 66.5 Å². The first-order valence-electron chi connectivity index (χ1n) is 14.6. The van der Waals surface area contributed by atoms with E-state index >= 15 is 0 Å². The van der Waals surface area contributed by atoms with E-state index in [4.69, 9.17) is 20.3 Å². The number of Topliss-reactive ketones (excluding diaryl/α,β-unsaturated/α-hetero) is 2. The molecule has 1 aliphatic heterocycles. The highest BCUT2D eigenvalue weighted by atomic mass is 16.7. The molecule has 1 fully saturated rings. The minimum atomic E-state index is -2.24. The number of hydrogen-bond donors (Lipinski definition) is 11. The Morgan fingerprint density at radius 3 is 2.09 bits per heavy atom. The van der Waals surface area contributed by atoms with Crippen LogP contribution in [0.4, 0.5) is 0 Å². The van der Waals surface area contributed by atoms with Crippen LogP contribution in [-0.2, 0) is 41.7 Å². The van der Waals surface area contributed by atoms with Crippen LogP contribution < -0.4 is 11.1 Å². The van der Waals surface area contributed by atoms with E-state index in [-0.39, 0.29) is 19.4 Å². The van der Waals surface area contributed by atoms with Crippen molar-refractivity contribution in [2.45, 2.75) is 100 Å². The van der Waals surface area contributed by atoms with Crippen LogP contribution in [0.3, 0.4) is 0 Å². The summed E-state index contributed by atoms with van der Waals surface area (Å²) in [5, 5.41) is 91.8. The van der Waals surface area contributed by atoms with Crippen LogP contribution in [0.2, 0.25) is 0 Å². The number of benzene rings is 1. The molecule has 12 N–H and O–H groups in total. The standard InChI is InChI=1S/C29H44N2O15/c1-13(28(44)31-16(9-21(30)38)18(36)8-14-3-5-15(10-32)6-4-14)2-7-17(35)22(39)25(42)27(19(37)11-33)46-29-26(43)24(41)23(40)20(12-34)45-29/h3-6,13,16,19-20,22-27,29,32-34,37,39-43H,2,7-12H2,1H3,(H2,30,38)(H,31,44)/t13-,16+,19+,20+,22-,23-,24-,25+,26+,27+,29?/m0/s1. The molecule has 0 spiro atoms. The minimum absolute atomic E-state index is 0.146. The average molecular weight is 661 g/mol. The number of nitrogens with one attached hydrogen (secondary N) is 1. The zero-order chi connectivity index (χ0) is 34.7. The largest absolute Gasteiger partial charge is 0.394 e. The number of nitrogens with two attached hydrogens (primary N) is 1. The number of ketones is 2. The summed E-state index contributed by atoms with van der Waals surface area (Å²) in [6.45, 7) is -0.641. The smallest absolute Gasteiger partial charge is 0.223 e. The highest BCUT2D eigenvalue weighted by Gasteiger charge is 2.47. The van der Waals surface area contributed by atoms with Crippen LogP contribution in [0.15, 0.2) is 24.3 Å². The van der Waals surface area contributed by atoms with E-state index in [1.165, 1.54) is 6.92 Å². The number of primary amides is 1. The molecule has 17 heteroatoms. The first kappa shape index (κ1) is 39.2. The van der Waals surface area contributed by atoms with Gasteiger partial charge in [-0.05, 0) is 17.5 Å². The predicted octanol–water partition coefficient (Wildman–Crippen LogP) is -5.10. The zero-order valence-electron chi connectivity index (χ0n) is 25.2. The SMILES string of the molecule is C[C@@H](CCC(=O)[C@H](O)[C@@H](O)[C@H](OC1O[C@H](CO)[C@H](O)[C@H](O)[C@H]1O)[C@H](O)CO)C(=O)N[C@H](CC(N)=O)C(=O)Cc1ccc(CO)cc1. The van der Waals surface area contributed by atoms with Crippen molar-refractivity contribution in [3.63, 3.8) is 0 Å². The maximum atomic E-state index is 12.9. The third-order valence-electron chi connectivity index (χ3n) is 7.66. The van der Waals surface area contributed by atoms with Crippen molar-refractivity contribution >= 4 is 23.4 Å². The van der Waals surface area contributed by atoms with Crippen molar-refractivity contribution < 1.29 is 74.6 Å². The number of ether oxygens (including phenoxy) is 2. The fourth-order valence-electron chi connectivity index (χ4n) is 4.69. The maximum Gasteiger partial charge on any atom is 0.223 e. The van der Waals surface area contributed by atoms with Gasteiger partial charge in [-0.1, -0.05) is 31.2 Å². The minimum Gasteiger partial charge on any atom is -0.394 e. The topological polar surface area (TPSA) is 307 Å². The van der Waals surface area contributed by atoms with Crippen molar-refractivity contribution in [1.29, 1.82) is 0 Å². The fourth-order valence-corrected chi connectivity index (χ4v) is 4.69. The highest BCUT2D eigenvalue weighted by Crippen LogP contribution is 2.25. The van der Waals surface area contributed by atoms with Gasteiger partial charge >= 0.3 is 0 Å². The molecule has 1 aliphatic rings. The van der Waals surface area contributed by atoms with Gasteiger partial charge in [0.2, 0.25) is 11.8 Å². The van der Waals surface area contributed by atoms with Gasteiger partial charge in [-0.3, -0.25) is 19.2 Å². The van der Waals surface area contributed by atoms with Crippen molar-refractivity contribution in [1.82, 2.24) is 5.32 Å². The summed E-state index contributed by atoms with van der Waals surface area (Å²) < 4.78 is 10.4. The Morgan fingerprint density at radius 1 is 0.935 bits per heavy atom. The van der Waals surface area contributed by atoms with Crippen LogP contribution in [-0.4, -0.2) is 144 Å². The molecule has 2 rings (SSSR count). The van der Waals surface area contributed by atoms with Gasteiger partial charge in [0.25, 0.3) is 0 Å². The maximum absolute atomic E-state index is 12.9. The fraction of sp³-hybridized carbons (Fsp3) is 0.655.